The maximum Gasteiger partial charge on any atom is 0.160 e. The topological polar surface area (TPSA) is 52.1 Å². The Balaban J connectivity index is 1.04. The Morgan fingerprint density at radius 1 is 0.296 bits per heavy atom. The van der Waals surface area contributed by atoms with E-state index in [1.54, 1.807) is 0 Å². The molecular formula is C50H30N2O2. The standard InChI is InChI=1S/C50H30N2O2/c1-2-8-31(9-3-1)36-18-19-38-25-39(21-20-37(38)24-36)45-30-44(32-14-16-33(17-15-32)48-29-40-12-6-7-13-46(40)53-48)51-50(52-45)41-22-23-47-42(27-41)43-26-34-10-4-5-11-35(34)28-49(43)54-47/h1-30H. The quantitative estimate of drug-likeness (QED) is 0.180. The van der Waals surface area contributed by atoms with Gasteiger partial charge in [-0.15, -0.1) is 0 Å². The summed E-state index contributed by atoms with van der Waals surface area (Å²) in [5.41, 5.74) is 10.6. The van der Waals surface area contributed by atoms with Crippen LogP contribution in [0.15, 0.2) is 191 Å². The van der Waals surface area contributed by atoms with Gasteiger partial charge in [0.05, 0.1) is 11.4 Å². The van der Waals surface area contributed by atoms with Gasteiger partial charge in [0.15, 0.2) is 5.82 Å². The second-order valence-corrected chi connectivity index (χ2v) is 13.8. The van der Waals surface area contributed by atoms with Crippen LogP contribution < -0.4 is 0 Å². The Kier molecular flexibility index (Phi) is 6.82. The third-order valence-electron chi connectivity index (χ3n) is 10.5. The number of para-hydroxylation sites is 1. The first-order valence-electron chi connectivity index (χ1n) is 18.1. The minimum atomic E-state index is 0.653. The van der Waals surface area contributed by atoms with Gasteiger partial charge in [-0.1, -0.05) is 121 Å². The smallest absolute Gasteiger partial charge is 0.160 e. The number of furan rings is 2. The summed E-state index contributed by atoms with van der Waals surface area (Å²) < 4.78 is 12.5. The Morgan fingerprint density at radius 2 is 0.889 bits per heavy atom. The molecule has 11 aromatic rings. The Labute approximate surface area is 310 Å². The Bertz CT molecular complexity index is 3180. The van der Waals surface area contributed by atoms with E-state index in [4.69, 9.17) is 18.8 Å². The molecule has 4 nitrogen and oxygen atoms in total. The van der Waals surface area contributed by atoms with Crippen LogP contribution in [0, 0.1) is 0 Å². The fourth-order valence-corrected chi connectivity index (χ4v) is 7.62. The highest BCUT2D eigenvalue weighted by atomic mass is 16.3. The zero-order valence-corrected chi connectivity index (χ0v) is 29.0. The average Bonchev–Trinajstić information content (AvgIpc) is 3.84. The van der Waals surface area contributed by atoms with Crippen molar-refractivity contribution in [3.05, 3.63) is 182 Å². The summed E-state index contributed by atoms with van der Waals surface area (Å²) in [7, 11) is 0. The molecule has 0 unspecified atom stereocenters. The predicted molar refractivity (Wildman–Crippen MR) is 221 cm³/mol. The number of nitrogens with zero attached hydrogens (tertiary/aromatic N) is 2. The maximum absolute atomic E-state index is 6.33. The van der Waals surface area contributed by atoms with Crippen molar-refractivity contribution in [2.24, 2.45) is 0 Å². The van der Waals surface area contributed by atoms with Crippen LogP contribution in [-0.4, -0.2) is 9.97 Å². The first-order valence-corrected chi connectivity index (χ1v) is 18.1. The van der Waals surface area contributed by atoms with Crippen molar-refractivity contribution >= 4 is 54.5 Å². The summed E-state index contributed by atoms with van der Waals surface area (Å²) in [6.45, 7) is 0. The molecule has 0 bridgehead atoms. The number of hydrogen-bond acceptors (Lipinski definition) is 4. The van der Waals surface area contributed by atoms with Gasteiger partial charge in [0.25, 0.3) is 0 Å². The number of fused-ring (bicyclic) bond motifs is 6. The van der Waals surface area contributed by atoms with Gasteiger partial charge in [-0.25, -0.2) is 9.97 Å². The molecule has 4 heteroatoms. The summed E-state index contributed by atoms with van der Waals surface area (Å²) in [5.74, 6) is 1.49. The number of hydrogen-bond donors (Lipinski definition) is 0. The molecule has 0 fully saturated rings. The average molecular weight is 691 g/mol. The first-order chi connectivity index (χ1) is 26.7. The van der Waals surface area contributed by atoms with Gasteiger partial charge in [-0.2, -0.15) is 0 Å². The largest absolute Gasteiger partial charge is 0.456 e. The zero-order valence-electron chi connectivity index (χ0n) is 29.0. The van der Waals surface area contributed by atoms with Gasteiger partial charge >= 0.3 is 0 Å². The molecule has 3 heterocycles. The molecule has 252 valence electrons. The van der Waals surface area contributed by atoms with Crippen molar-refractivity contribution in [1.82, 2.24) is 9.97 Å². The van der Waals surface area contributed by atoms with E-state index in [1.165, 1.54) is 21.9 Å². The first kappa shape index (κ1) is 30.3. The van der Waals surface area contributed by atoms with Gasteiger partial charge in [-0.05, 0) is 93.3 Å². The van der Waals surface area contributed by atoms with Gasteiger partial charge in [0.2, 0.25) is 0 Å². The van der Waals surface area contributed by atoms with Crippen LogP contribution in [0.2, 0.25) is 0 Å². The van der Waals surface area contributed by atoms with Crippen molar-refractivity contribution in [2.45, 2.75) is 0 Å². The molecule has 0 saturated heterocycles. The highest BCUT2D eigenvalue weighted by Gasteiger charge is 2.16. The number of aromatic nitrogens is 2. The van der Waals surface area contributed by atoms with Crippen LogP contribution in [0.4, 0.5) is 0 Å². The highest BCUT2D eigenvalue weighted by Crippen LogP contribution is 2.37. The molecule has 0 spiro atoms. The van der Waals surface area contributed by atoms with E-state index in [2.05, 4.69) is 152 Å². The molecule has 3 aromatic heterocycles. The molecule has 54 heavy (non-hydrogen) atoms. The third kappa shape index (κ3) is 5.23. The van der Waals surface area contributed by atoms with E-state index >= 15 is 0 Å². The number of rotatable bonds is 5. The minimum absolute atomic E-state index is 0.653. The fourth-order valence-electron chi connectivity index (χ4n) is 7.62. The van der Waals surface area contributed by atoms with Gasteiger partial charge in [-0.3, -0.25) is 0 Å². The van der Waals surface area contributed by atoms with Crippen molar-refractivity contribution < 1.29 is 8.83 Å². The second-order valence-electron chi connectivity index (χ2n) is 13.8. The summed E-state index contributed by atoms with van der Waals surface area (Å²) in [6, 6.07) is 63.4. The lowest BCUT2D eigenvalue weighted by Crippen LogP contribution is -1.96. The summed E-state index contributed by atoms with van der Waals surface area (Å²) in [6.07, 6.45) is 0. The predicted octanol–water partition coefficient (Wildman–Crippen LogP) is 13.8. The Hall–Kier alpha value is -7.30. The van der Waals surface area contributed by atoms with Crippen molar-refractivity contribution in [3.8, 4) is 56.4 Å². The van der Waals surface area contributed by atoms with Crippen molar-refractivity contribution in [3.63, 3.8) is 0 Å². The SMILES string of the molecule is c1ccc(-c2ccc3cc(-c4cc(-c5ccc(-c6cc7ccccc7o6)cc5)nc(-c5ccc6oc7cc8ccccc8cc7c6c5)n4)ccc3c2)cc1. The van der Waals surface area contributed by atoms with Crippen LogP contribution in [0.5, 0.6) is 0 Å². The van der Waals surface area contributed by atoms with Crippen molar-refractivity contribution in [2.75, 3.05) is 0 Å². The molecule has 11 rings (SSSR count). The van der Waals surface area contributed by atoms with Crippen LogP contribution in [0.3, 0.4) is 0 Å². The van der Waals surface area contributed by atoms with E-state index in [9.17, 15) is 0 Å². The van der Waals surface area contributed by atoms with E-state index < -0.39 is 0 Å². The van der Waals surface area contributed by atoms with E-state index in [0.29, 0.717) is 5.82 Å². The molecule has 0 N–H and O–H groups in total. The highest BCUT2D eigenvalue weighted by molar-refractivity contribution is 6.11. The van der Waals surface area contributed by atoms with Crippen molar-refractivity contribution in [1.29, 1.82) is 0 Å². The van der Waals surface area contributed by atoms with Crippen LogP contribution in [-0.2, 0) is 0 Å². The fraction of sp³-hybridized carbons (Fsp3) is 0. The lowest BCUT2D eigenvalue weighted by Gasteiger charge is -2.11. The summed E-state index contributed by atoms with van der Waals surface area (Å²) in [5, 5.41) is 7.87. The molecular weight excluding hydrogens is 661 g/mol. The normalized spacial score (nSPS) is 11.7. The molecule has 0 atom stereocenters. The lowest BCUT2D eigenvalue weighted by molar-refractivity contribution is 0.631. The molecule has 0 saturated carbocycles. The Morgan fingerprint density at radius 3 is 1.69 bits per heavy atom. The minimum Gasteiger partial charge on any atom is -0.456 e. The van der Waals surface area contributed by atoms with E-state index in [0.717, 1.165) is 83.1 Å². The molecule has 0 amide bonds. The summed E-state index contributed by atoms with van der Waals surface area (Å²) >= 11 is 0. The van der Waals surface area contributed by atoms with Crippen LogP contribution >= 0.6 is 0 Å². The monoisotopic (exact) mass is 690 g/mol. The van der Waals surface area contributed by atoms with Crippen LogP contribution in [0.25, 0.3) is 111 Å². The van der Waals surface area contributed by atoms with Gasteiger partial charge in [0, 0.05) is 38.4 Å². The van der Waals surface area contributed by atoms with Gasteiger partial charge < -0.3 is 8.83 Å². The maximum atomic E-state index is 6.33. The zero-order chi connectivity index (χ0) is 35.6. The third-order valence-corrected chi connectivity index (χ3v) is 10.5. The van der Waals surface area contributed by atoms with E-state index in [1.807, 2.05) is 30.3 Å². The van der Waals surface area contributed by atoms with E-state index in [-0.39, 0.29) is 0 Å². The summed E-state index contributed by atoms with van der Waals surface area (Å²) in [4.78, 5) is 10.4. The molecule has 8 aromatic carbocycles. The molecule has 0 aliphatic heterocycles. The van der Waals surface area contributed by atoms with Crippen LogP contribution in [0.1, 0.15) is 0 Å². The molecule has 0 aliphatic rings. The van der Waals surface area contributed by atoms with Gasteiger partial charge in [0.1, 0.15) is 22.5 Å². The second kappa shape index (κ2) is 12.1. The molecule has 0 radical (unpaired) electrons. The lowest BCUT2D eigenvalue weighted by atomic mass is 9.98. The number of benzene rings is 8. The molecule has 0 aliphatic carbocycles.